The molecule has 0 amide bonds. The summed E-state index contributed by atoms with van der Waals surface area (Å²) in [4.78, 5) is 7.71. The minimum Gasteiger partial charge on any atom is -0.381 e. The van der Waals surface area contributed by atoms with Crippen molar-refractivity contribution in [2.75, 3.05) is 26.3 Å². The first-order chi connectivity index (χ1) is 11.6. The second-order valence-electron chi connectivity index (χ2n) is 7.75. The van der Waals surface area contributed by atoms with Crippen molar-refractivity contribution in [3.05, 3.63) is 23.5 Å². The molecule has 5 nitrogen and oxygen atoms in total. The summed E-state index contributed by atoms with van der Waals surface area (Å²) in [6.45, 7) is 8.59. The quantitative estimate of drug-likeness (QED) is 0.850. The lowest BCUT2D eigenvalue weighted by molar-refractivity contribution is 0.0136. The van der Waals surface area contributed by atoms with Crippen LogP contribution in [0.15, 0.2) is 12.1 Å². The van der Waals surface area contributed by atoms with Gasteiger partial charge in [-0.25, -0.2) is 4.98 Å². The van der Waals surface area contributed by atoms with E-state index in [2.05, 4.69) is 36.0 Å². The van der Waals surface area contributed by atoms with Gasteiger partial charge in [0.05, 0.1) is 11.4 Å². The fraction of sp³-hybridized carbons (Fsp3) is 0.684. The lowest BCUT2D eigenvalue weighted by atomic mass is 9.77. The molecule has 2 saturated heterocycles. The third-order valence-electron chi connectivity index (χ3n) is 5.92. The minimum atomic E-state index is 0.128. The van der Waals surface area contributed by atoms with E-state index < -0.39 is 0 Å². The molecule has 0 saturated carbocycles. The summed E-state index contributed by atoms with van der Waals surface area (Å²) in [7, 11) is 1.99. The Morgan fingerprint density at radius 3 is 2.83 bits per heavy atom. The number of nitrogens with zero attached hydrogens (tertiary/aromatic N) is 4. The van der Waals surface area contributed by atoms with Crippen LogP contribution in [0.5, 0.6) is 0 Å². The Kier molecular flexibility index (Phi) is 4.09. The zero-order valence-corrected chi connectivity index (χ0v) is 15.1. The van der Waals surface area contributed by atoms with Crippen molar-refractivity contribution in [1.29, 1.82) is 0 Å². The van der Waals surface area contributed by atoms with Gasteiger partial charge in [0.1, 0.15) is 0 Å². The maximum absolute atomic E-state index is 5.54. The van der Waals surface area contributed by atoms with Crippen LogP contribution in [-0.2, 0) is 17.2 Å². The zero-order chi connectivity index (χ0) is 16.7. The van der Waals surface area contributed by atoms with Gasteiger partial charge in [0.25, 0.3) is 0 Å². The molecule has 0 radical (unpaired) electrons. The van der Waals surface area contributed by atoms with Gasteiger partial charge in [-0.1, -0.05) is 6.92 Å². The van der Waals surface area contributed by atoms with Crippen LogP contribution in [0.3, 0.4) is 0 Å². The average Bonchev–Trinajstić information content (AvgIpc) is 2.90. The molecule has 0 N–H and O–H groups in total. The molecule has 2 aromatic heterocycles. The number of ether oxygens (including phenoxy) is 1. The van der Waals surface area contributed by atoms with E-state index in [4.69, 9.17) is 9.72 Å². The molecule has 0 aliphatic carbocycles. The van der Waals surface area contributed by atoms with Crippen LogP contribution < -0.4 is 0 Å². The van der Waals surface area contributed by atoms with Gasteiger partial charge in [0.2, 0.25) is 0 Å². The van der Waals surface area contributed by atoms with Crippen molar-refractivity contribution in [2.24, 2.45) is 7.05 Å². The van der Waals surface area contributed by atoms with Crippen LogP contribution in [0.2, 0.25) is 0 Å². The molecule has 5 heteroatoms. The van der Waals surface area contributed by atoms with E-state index in [0.29, 0.717) is 6.04 Å². The highest BCUT2D eigenvalue weighted by molar-refractivity contribution is 5.78. The first-order valence-electron chi connectivity index (χ1n) is 9.19. The largest absolute Gasteiger partial charge is 0.381 e. The van der Waals surface area contributed by atoms with E-state index in [1.807, 2.05) is 11.7 Å². The monoisotopic (exact) mass is 328 g/mol. The average molecular weight is 328 g/mol. The van der Waals surface area contributed by atoms with Crippen LogP contribution in [0, 0.1) is 6.92 Å². The molecule has 1 atom stereocenters. The van der Waals surface area contributed by atoms with Crippen molar-refractivity contribution in [3.8, 4) is 0 Å². The number of likely N-dealkylation sites (tertiary alicyclic amines) is 1. The molecule has 4 heterocycles. The maximum Gasteiger partial charge on any atom is 0.158 e. The number of aromatic nitrogens is 3. The Balaban J connectivity index is 1.62. The third-order valence-corrected chi connectivity index (χ3v) is 5.92. The Morgan fingerprint density at radius 2 is 2.04 bits per heavy atom. The van der Waals surface area contributed by atoms with Gasteiger partial charge in [-0.15, -0.1) is 0 Å². The summed E-state index contributed by atoms with van der Waals surface area (Å²) in [5.41, 5.74) is 3.41. The lowest BCUT2D eigenvalue weighted by Crippen LogP contribution is -2.50. The minimum absolute atomic E-state index is 0.128. The Morgan fingerprint density at radius 1 is 1.25 bits per heavy atom. The van der Waals surface area contributed by atoms with E-state index in [1.165, 1.54) is 43.3 Å². The second kappa shape index (κ2) is 6.12. The van der Waals surface area contributed by atoms with Crippen LogP contribution in [0.4, 0.5) is 0 Å². The summed E-state index contributed by atoms with van der Waals surface area (Å²) in [5.74, 6) is 0. The number of rotatable bonds is 2. The van der Waals surface area contributed by atoms with Crippen molar-refractivity contribution < 1.29 is 4.74 Å². The fourth-order valence-electron chi connectivity index (χ4n) is 4.49. The van der Waals surface area contributed by atoms with Gasteiger partial charge in [-0.3, -0.25) is 9.58 Å². The Bertz CT molecular complexity index is 734. The molecule has 24 heavy (non-hydrogen) atoms. The van der Waals surface area contributed by atoms with Crippen LogP contribution >= 0.6 is 0 Å². The smallest absolute Gasteiger partial charge is 0.158 e. The summed E-state index contributed by atoms with van der Waals surface area (Å²) < 4.78 is 7.46. The summed E-state index contributed by atoms with van der Waals surface area (Å²) in [6.07, 6.45) is 4.80. The van der Waals surface area contributed by atoms with E-state index in [-0.39, 0.29) is 5.41 Å². The summed E-state index contributed by atoms with van der Waals surface area (Å²) in [5, 5.41) is 5.69. The van der Waals surface area contributed by atoms with Crippen molar-refractivity contribution in [3.63, 3.8) is 0 Å². The molecule has 2 aromatic rings. The van der Waals surface area contributed by atoms with Crippen molar-refractivity contribution in [1.82, 2.24) is 19.7 Å². The standard InChI is InChI=1S/C19H28N4O/c1-14-16-5-6-17(20-18(16)22(3)21-14)19(2)9-4-10-23(13-19)15-7-11-24-12-8-15/h5-6,15H,4,7-13H2,1-3H3/t19-/m1/s1. The molecule has 0 bridgehead atoms. The number of hydrogen-bond donors (Lipinski definition) is 0. The molecule has 130 valence electrons. The first-order valence-corrected chi connectivity index (χ1v) is 9.19. The van der Waals surface area contributed by atoms with Gasteiger partial charge >= 0.3 is 0 Å². The molecule has 2 aliphatic heterocycles. The molecule has 4 rings (SSSR count). The molecular weight excluding hydrogens is 300 g/mol. The number of fused-ring (bicyclic) bond motifs is 1. The number of aryl methyl sites for hydroxylation is 2. The van der Waals surface area contributed by atoms with Crippen LogP contribution in [-0.4, -0.2) is 52.0 Å². The normalized spacial score (nSPS) is 27.0. The molecule has 0 spiro atoms. The molecule has 0 unspecified atom stereocenters. The van der Waals surface area contributed by atoms with E-state index in [1.54, 1.807) is 0 Å². The summed E-state index contributed by atoms with van der Waals surface area (Å²) in [6, 6.07) is 5.12. The lowest BCUT2D eigenvalue weighted by Gasteiger charge is -2.44. The highest BCUT2D eigenvalue weighted by Gasteiger charge is 2.37. The summed E-state index contributed by atoms with van der Waals surface area (Å²) >= 11 is 0. The molecular formula is C19H28N4O. The SMILES string of the molecule is Cc1nn(C)c2nc([C@]3(C)CCCN(C4CCOCC4)C3)ccc12. The van der Waals surface area contributed by atoms with Crippen molar-refractivity contribution >= 4 is 11.0 Å². The van der Waals surface area contributed by atoms with E-state index in [9.17, 15) is 0 Å². The molecule has 2 fully saturated rings. The highest BCUT2D eigenvalue weighted by atomic mass is 16.5. The van der Waals surface area contributed by atoms with Gasteiger partial charge < -0.3 is 4.74 Å². The van der Waals surface area contributed by atoms with E-state index in [0.717, 1.165) is 31.1 Å². The van der Waals surface area contributed by atoms with Crippen LogP contribution in [0.25, 0.3) is 11.0 Å². The zero-order valence-electron chi connectivity index (χ0n) is 15.1. The molecule has 2 aliphatic rings. The topological polar surface area (TPSA) is 43.2 Å². The third kappa shape index (κ3) is 2.74. The first kappa shape index (κ1) is 16.0. The van der Waals surface area contributed by atoms with Gasteiger partial charge in [-0.2, -0.15) is 5.10 Å². The number of piperidine rings is 1. The van der Waals surface area contributed by atoms with Crippen LogP contribution in [0.1, 0.15) is 44.0 Å². The van der Waals surface area contributed by atoms with Crippen molar-refractivity contribution in [2.45, 2.75) is 51.0 Å². The second-order valence-corrected chi connectivity index (χ2v) is 7.75. The number of hydrogen-bond acceptors (Lipinski definition) is 4. The molecule has 0 aromatic carbocycles. The van der Waals surface area contributed by atoms with E-state index >= 15 is 0 Å². The van der Waals surface area contributed by atoms with Gasteiger partial charge in [0, 0.05) is 43.6 Å². The Hall–Kier alpha value is -1.46. The van der Waals surface area contributed by atoms with Gasteiger partial charge in [-0.05, 0) is 51.3 Å². The van der Waals surface area contributed by atoms with Gasteiger partial charge in [0.15, 0.2) is 5.65 Å². The number of pyridine rings is 1. The highest BCUT2D eigenvalue weighted by Crippen LogP contribution is 2.35. The predicted octanol–water partition coefficient (Wildman–Crippen LogP) is 2.81. The Labute approximate surface area is 144 Å². The predicted molar refractivity (Wildman–Crippen MR) is 95.2 cm³/mol. The maximum atomic E-state index is 5.54. The fourth-order valence-corrected chi connectivity index (χ4v) is 4.49.